The average Bonchev–Trinajstić information content (AvgIpc) is 3.22. The van der Waals surface area contributed by atoms with Crippen molar-refractivity contribution in [1.82, 2.24) is 0 Å². The van der Waals surface area contributed by atoms with Crippen molar-refractivity contribution in [1.29, 1.82) is 0 Å². The van der Waals surface area contributed by atoms with Crippen LogP contribution in [-0.4, -0.2) is 19.7 Å². The van der Waals surface area contributed by atoms with Crippen LogP contribution in [0, 0.1) is 12.8 Å². The van der Waals surface area contributed by atoms with Crippen LogP contribution in [0.15, 0.2) is 88.2 Å². The highest BCUT2D eigenvalue weighted by molar-refractivity contribution is 7.90. The standard InChI is InChI=1S/C26H25NO3S/c1-17-13-15-19(16-14-17)31(28,29)27-24-21-12-8-7-11-20(21)23-22(24)25(30-26(23,2)3)18-9-5-4-6-10-18/h4-16,22-23,25H,1-3H3/b27-24+/t22-,23-,25+/m0/s1. The Morgan fingerprint density at radius 2 is 1.52 bits per heavy atom. The van der Waals surface area contributed by atoms with Gasteiger partial charge >= 0.3 is 0 Å². The molecule has 3 aromatic rings. The fraction of sp³-hybridized carbons (Fsp3) is 0.269. The van der Waals surface area contributed by atoms with E-state index in [1.54, 1.807) is 24.3 Å². The maximum Gasteiger partial charge on any atom is 0.282 e. The van der Waals surface area contributed by atoms with Crippen LogP contribution in [0.1, 0.15) is 48.1 Å². The number of rotatable bonds is 3. The van der Waals surface area contributed by atoms with E-state index < -0.39 is 15.6 Å². The first-order valence-corrected chi connectivity index (χ1v) is 12.0. The van der Waals surface area contributed by atoms with Crippen molar-refractivity contribution in [2.75, 3.05) is 0 Å². The summed E-state index contributed by atoms with van der Waals surface area (Å²) in [6.45, 7) is 6.10. The van der Waals surface area contributed by atoms with Gasteiger partial charge in [-0.25, -0.2) is 0 Å². The van der Waals surface area contributed by atoms with E-state index in [1.807, 2.05) is 55.5 Å². The molecule has 2 aliphatic rings. The summed E-state index contributed by atoms with van der Waals surface area (Å²) in [5, 5.41) is 0. The van der Waals surface area contributed by atoms with Gasteiger partial charge in [0.1, 0.15) is 0 Å². The monoisotopic (exact) mass is 431 g/mol. The normalized spacial score (nSPS) is 25.4. The van der Waals surface area contributed by atoms with Gasteiger partial charge in [0.25, 0.3) is 10.0 Å². The van der Waals surface area contributed by atoms with Gasteiger partial charge in [-0.3, -0.25) is 0 Å². The molecule has 0 spiro atoms. The Labute approximate surface area is 183 Å². The smallest absolute Gasteiger partial charge is 0.282 e. The Balaban J connectivity index is 1.70. The van der Waals surface area contributed by atoms with Gasteiger partial charge in [-0.1, -0.05) is 72.3 Å². The van der Waals surface area contributed by atoms with Crippen molar-refractivity contribution < 1.29 is 13.2 Å². The molecule has 0 unspecified atom stereocenters. The van der Waals surface area contributed by atoms with E-state index in [0.717, 1.165) is 22.3 Å². The lowest BCUT2D eigenvalue weighted by Gasteiger charge is -2.26. The molecule has 1 saturated heterocycles. The molecule has 0 aromatic heterocycles. The third kappa shape index (κ3) is 3.33. The van der Waals surface area contributed by atoms with Gasteiger partial charge in [0.2, 0.25) is 0 Å². The minimum Gasteiger partial charge on any atom is -0.366 e. The molecular formula is C26H25NO3S. The van der Waals surface area contributed by atoms with E-state index in [0.29, 0.717) is 5.71 Å². The molecule has 158 valence electrons. The molecule has 5 rings (SSSR count). The zero-order chi connectivity index (χ0) is 21.8. The summed E-state index contributed by atoms with van der Waals surface area (Å²) in [5.41, 5.74) is 4.20. The highest BCUT2D eigenvalue weighted by atomic mass is 32.2. The van der Waals surface area contributed by atoms with Crippen LogP contribution in [0.5, 0.6) is 0 Å². The maximum absolute atomic E-state index is 13.3. The number of fused-ring (bicyclic) bond motifs is 3. The van der Waals surface area contributed by atoms with Crippen LogP contribution >= 0.6 is 0 Å². The van der Waals surface area contributed by atoms with E-state index in [-0.39, 0.29) is 22.8 Å². The largest absolute Gasteiger partial charge is 0.366 e. The van der Waals surface area contributed by atoms with Gasteiger partial charge in [0.15, 0.2) is 0 Å². The first kappa shape index (κ1) is 20.2. The molecule has 1 aliphatic heterocycles. The Morgan fingerprint density at radius 3 is 2.23 bits per heavy atom. The van der Waals surface area contributed by atoms with Gasteiger partial charge in [-0.05, 0) is 44.0 Å². The summed E-state index contributed by atoms with van der Waals surface area (Å²) < 4.78 is 37.5. The van der Waals surface area contributed by atoms with Crippen LogP contribution in [0.2, 0.25) is 0 Å². The minimum atomic E-state index is -3.85. The lowest BCUT2D eigenvalue weighted by Crippen LogP contribution is -2.26. The van der Waals surface area contributed by atoms with E-state index in [4.69, 9.17) is 4.74 Å². The van der Waals surface area contributed by atoms with Crippen molar-refractivity contribution in [2.45, 2.75) is 43.3 Å². The molecule has 5 heteroatoms. The van der Waals surface area contributed by atoms with Crippen LogP contribution in [-0.2, 0) is 14.8 Å². The second kappa shape index (κ2) is 7.14. The fourth-order valence-corrected chi connectivity index (χ4v) is 6.12. The number of sulfonamides is 1. The lowest BCUT2D eigenvalue weighted by molar-refractivity contribution is -0.0248. The highest BCUT2D eigenvalue weighted by Gasteiger charge is 2.57. The third-order valence-corrected chi connectivity index (χ3v) is 7.72. The van der Waals surface area contributed by atoms with Crippen molar-refractivity contribution in [2.24, 2.45) is 10.3 Å². The summed E-state index contributed by atoms with van der Waals surface area (Å²) in [4.78, 5) is 0.209. The number of hydrogen-bond acceptors (Lipinski definition) is 3. The molecule has 0 bridgehead atoms. The maximum atomic E-state index is 13.3. The molecular weight excluding hydrogens is 406 g/mol. The molecule has 0 amide bonds. The van der Waals surface area contributed by atoms with Crippen molar-refractivity contribution in [3.63, 3.8) is 0 Å². The predicted molar refractivity (Wildman–Crippen MR) is 122 cm³/mol. The van der Waals surface area contributed by atoms with E-state index >= 15 is 0 Å². The lowest BCUT2D eigenvalue weighted by atomic mass is 9.79. The molecule has 0 radical (unpaired) electrons. The Morgan fingerprint density at radius 1 is 0.871 bits per heavy atom. The Kier molecular flexibility index (Phi) is 4.65. The van der Waals surface area contributed by atoms with Crippen molar-refractivity contribution in [3.05, 3.63) is 101 Å². The topological polar surface area (TPSA) is 55.7 Å². The third-order valence-electron chi connectivity index (χ3n) is 6.42. The zero-order valence-corrected chi connectivity index (χ0v) is 18.6. The molecule has 1 fully saturated rings. The van der Waals surface area contributed by atoms with Gasteiger partial charge in [0.05, 0.1) is 22.3 Å². The molecule has 4 nitrogen and oxygen atoms in total. The second-order valence-electron chi connectivity index (χ2n) is 8.91. The average molecular weight is 432 g/mol. The van der Waals surface area contributed by atoms with Crippen LogP contribution in [0.3, 0.4) is 0 Å². The predicted octanol–water partition coefficient (Wildman–Crippen LogP) is 5.44. The van der Waals surface area contributed by atoms with Crippen molar-refractivity contribution >= 4 is 15.7 Å². The number of nitrogens with zero attached hydrogens (tertiary/aromatic N) is 1. The Bertz CT molecular complexity index is 1260. The molecule has 3 atom stereocenters. The quantitative estimate of drug-likeness (QED) is 0.555. The van der Waals surface area contributed by atoms with E-state index in [1.165, 1.54) is 0 Å². The molecule has 3 aromatic carbocycles. The zero-order valence-electron chi connectivity index (χ0n) is 17.8. The molecule has 31 heavy (non-hydrogen) atoms. The summed E-state index contributed by atoms with van der Waals surface area (Å²) in [6.07, 6.45) is -0.263. The van der Waals surface area contributed by atoms with E-state index in [9.17, 15) is 8.42 Å². The fourth-order valence-electron chi connectivity index (χ4n) is 5.05. The van der Waals surface area contributed by atoms with Crippen LogP contribution in [0.4, 0.5) is 0 Å². The number of hydrogen-bond donors (Lipinski definition) is 0. The van der Waals surface area contributed by atoms with Crippen LogP contribution in [0.25, 0.3) is 0 Å². The second-order valence-corrected chi connectivity index (χ2v) is 10.5. The molecule has 1 heterocycles. The molecule has 0 N–H and O–H groups in total. The Hall–Kier alpha value is -2.76. The van der Waals surface area contributed by atoms with Gasteiger partial charge < -0.3 is 4.74 Å². The number of benzene rings is 3. The van der Waals surface area contributed by atoms with Gasteiger partial charge in [0, 0.05) is 17.4 Å². The van der Waals surface area contributed by atoms with Gasteiger partial charge in [-0.15, -0.1) is 0 Å². The summed E-state index contributed by atoms with van der Waals surface area (Å²) in [5.74, 6) is -0.143. The SMILES string of the molecule is Cc1ccc(S(=O)(=O)/N=C2\c3ccccc3[C@H]3[C@@H]2[C@@H](c2ccccc2)OC3(C)C)cc1. The first-order chi connectivity index (χ1) is 14.8. The summed E-state index contributed by atoms with van der Waals surface area (Å²) in [7, 11) is -3.85. The van der Waals surface area contributed by atoms with Crippen molar-refractivity contribution in [3.8, 4) is 0 Å². The molecule has 1 aliphatic carbocycles. The summed E-state index contributed by atoms with van der Waals surface area (Å²) in [6, 6.07) is 24.9. The van der Waals surface area contributed by atoms with Gasteiger partial charge in [-0.2, -0.15) is 12.8 Å². The number of ether oxygens (including phenoxy) is 1. The molecule has 0 saturated carbocycles. The summed E-state index contributed by atoms with van der Waals surface area (Å²) >= 11 is 0. The first-order valence-electron chi connectivity index (χ1n) is 10.5. The minimum absolute atomic E-state index is 0.0286. The van der Waals surface area contributed by atoms with Crippen LogP contribution < -0.4 is 0 Å². The van der Waals surface area contributed by atoms with E-state index in [2.05, 4.69) is 24.3 Å². The highest BCUT2D eigenvalue weighted by Crippen LogP contribution is 2.58. The number of aryl methyl sites for hydroxylation is 1.